The SMILES string of the molecule is CC(Nc1cc(Cl)ccc1C#N)c1cc(O)ccc1O. The second-order valence-electron chi connectivity index (χ2n) is 4.41. The second kappa shape index (κ2) is 5.72. The lowest BCUT2D eigenvalue weighted by Gasteiger charge is -2.18. The van der Waals surface area contributed by atoms with E-state index in [1.165, 1.54) is 18.2 Å². The van der Waals surface area contributed by atoms with E-state index in [1.807, 2.05) is 6.92 Å². The van der Waals surface area contributed by atoms with Gasteiger partial charge in [-0.05, 0) is 43.3 Å². The van der Waals surface area contributed by atoms with Crippen molar-refractivity contribution in [1.82, 2.24) is 0 Å². The van der Waals surface area contributed by atoms with E-state index in [0.717, 1.165) is 0 Å². The molecule has 1 atom stereocenters. The molecule has 0 saturated carbocycles. The average Bonchev–Trinajstić information content (AvgIpc) is 2.41. The zero-order valence-electron chi connectivity index (χ0n) is 10.8. The number of benzene rings is 2. The van der Waals surface area contributed by atoms with Crippen LogP contribution in [0.5, 0.6) is 11.5 Å². The Labute approximate surface area is 121 Å². The van der Waals surface area contributed by atoms with Crippen molar-refractivity contribution < 1.29 is 10.2 Å². The number of nitrogens with one attached hydrogen (secondary N) is 1. The molecule has 3 N–H and O–H groups in total. The summed E-state index contributed by atoms with van der Waals surface area (Å²) in [5.74, 6) is 0.140. The second-order valence-corrected chi connectivity index (χ2v) is 4.85. The molecule has 5 heteroatoms. The minimum Gasteiger partial charge on any atom is -0.508 e. The Morgan fingerprint density at radius 3 is 2.65 bits per heavy atom. The highest BCUT2D eigenvalue weighted by Gasteiger charge is 2.13. The van der Waals surface area contributed by atoms with E-state index in [-0.39, 0.29) is 17.5 Å². The highest BCUT2D eigenvalue weighted by Crippen LogP contribution is 2.31. The van der Waals surface area contributed by atoms with E-state index < -0.39 is 0 Å². The normalized spacial score (nSPS) is 11.7. The summed E-state index contributed by atoms with van der Waals surface area (Å²) in [5.41, 5.74) is 1.57. The lowest BCUT2D eigenvalue weighted by Crippen LogP contribution is -2.08. The molecular weight excluding hydrogens is 276 g/mol. The Hall–Kier alpha value is -2.38. The number of hydrogen-bond acceptors (Lipinski definition) is 4. The van der Waals surface area contributed by atoms with Crippen LogP contribution in [0.3, 0.4) is 0 Å². The number of phenols is 2. The molecule has 4 nitrogen and oxygen atoms in total. The molecule has 1 unspecified atom stereocenters. The third-order valence-corrected chi connectivity index (χ3v) is 3.19. The van der Waals surface area contributed by atoms with Crippen LogP contribution in [0.2, 0.25) is 5.02 Å². The number of hydrogen-bond donors (Lipinski definition) is 3. The topological polar surface area (TPSA) is 76.3 Å². The molecule has 0 fully saturated rings. The molecule has 0 radical (unpaired) electrons. The smallest absolute Gasteiger partial charge is 0.121 e. The first kappa shape index (κ1) is 14.0. The van der Waals surface area contributed by atoms with Crippen molar-refractivity contribution in [1.29, 1.82) is 5.26 Å². The van der Waals surface area contributed by atoms with E-state index in [1.54, 1.807) is 18.2 Å². The lowest BCUT2D eigenvalue weighted by atomic mass is 10.1. The molecule has 20 heavy (non-hydrogen) atoms. The number of rotatable bonds is 3. The summed E-state index contributed by atoms with van der Waals surface area (Å²) in [6, 6.07) is 11.0. The molecule has 0 aliphatic rings. The molecule has 0 aliphatic heterocycles. The largest absolute Gasteiger partial charge is 0.508 e. The summed E-state index contributed by atoms with van der Waals surface area (Å²) in [7, 11) is 0. The highest BCUT2D eigenvalue weighted by atomic mass is 35.5. The van der Waals surface area contributed by atoms with Gasteiger partial charge in [0.2, 0.25) is 0 Å². The maximum Gasteiger partial charge on any atom is 0.121 e. The summed E-state index contributed by atoms with van der Waals surface area (Å²) >= 11 is 5.92. The van der Waals surface area contributed by atoms with Crippen molar-refractivity contribution in [2.45, 2.75) is 13.0 Å². The monoisotopic (exact) mass is 288 g/mol. The van der Waals surface area contributed by atoms with E-state index in [4.69, 9.17) is 16.9 Å². The fourth-order valence-electron chi connectivity index (χ4n) is 1.93. The highest BCUT2D eigenvalue weighted by molar-refractivity contribution is 6.30. The minimum absolute atomic E-state index is 0.0676. The van der Waals surface area contributed by atoms with Gasteiger partial charge in [0.15, 0.2) is 0 Å². The van der Waals surface area contributed by atoms with Crippen LogP contribution in [0.1, 0.15) is 24.1 Å². The van der Waals surface area contributed by atoms with Crippen molar-refractivity contribution in [3.8, 4) is 17.6 Å². The molecule has 2 aromatic carbocycles. The van der Waals surface area contributed by atoms with Crippen molar-refractivity contribution in [2.75, 3.05) is 5.32 Å². The third-order valence-electron chi connectivity index (χ3n) is 2.95. The molecule has 0 saturated heterocycles. The summed E-state index contributed by atoms with van der Waals surface area (Å²) in [6.07, 6.45) is 0. The van der Waals surface area contributed by atoms with Crippen molar-refractivity contribution in [2.24, 2.45) is 0 Å². The number of phenolic OH excluding ortho intramolecular Hbond substituents is 2. The summed E-state index contributed by atoms with van der Waals surface area (Å²) in [4.78, 5) is 0. The van der Waals surface area contributed by atoms with Crippen LogP contribution in [0.15, 0.2) is 36.4 Å². The van der Waals surface area contributed by atoms with Gasteiger partial charge in [-0.15, -0.1) is 0 Å². The molecule has 0 heterocycles. The Morgan fingerprint density at radius 1 is 1.20 bits per heavy atom. The van der Waals surface area contributed by atoms with Gasteiger partial charge in [0, 0.05) is 10.6 Å². The van der Waals surface area contributed by atoms with Crippen LogP contribution in [-0.2, 0) is 0 Å². The number of anilines is 1. The molecule has 0 aliphatic carbocycles. The Kier molecular flexibility index (Phi) is 4.02. The molecule has 102 valence electrons. The standard InChI is InChI=1S/C15H13ClN2O2/c1-9(13-7-12(19)4-5-15(13)20)18-14-6-11(16)3-2-10(14)8-17/h2-7,9,18-20H,1H3. The minimum atomic E-state index is -0.298. The van der Waals surface area contributed by atoms with Gasteiger partial charge in [-0.3, -0.25) is 0 Å². The van der Waals surface area contributed by atoms with E-state index >= 15 is 0 Å². The number of nitriles is 1. The van der Waals surface area contributed by atoms with E-state index in [9.17, 15) is 10.2 Å². The maximum atomic E-state index is 9.82. The van der Waals surface area contributed by atoms with Gasteiger partial charge in [0.05, 0.1) is 17.3 Å². The van der Waals surface area contributed by atoms with Gasteiger partial charge in [0.1, 0.15) is 17.6 Å². The molecule has 0 aromatic heterocycles. The van der Waals surface area contributed by atoms with Crippen LogP contribution in [0, 0.1) is 11.3 Å². The first-order valence-corrected chi connectivity index (χ1v) is 6.37. The zero-order valence-corrected chi connectivity index (χ0v) is 11.5. The molecule has 2 rings (SSSR count). The van der Waals surface area contributed by atoms with Crippen molar-refractivity contribution >= 4 is 17.3 Å². The van der Waals surface area contributed by atoms with Crippen molar-refractivity contribution in [3.05, 3.63) is 52.5 Å². The number of halogens is 1. The fourth-order valence-corrected chi connectivity index (χ4v) is 2.11. The number of aromatic hydroxyl groups is 2. The van der Waals surface area contributed by atoms with E-state index in [2.05, 4.69) is 11.4 Å². The van der Waals surface area contributed by atoms with Crippen LogP contribution in [-0.4, -0.2) is 10.2 Å². The first-order valence-electron chi connectivity index (χ1n) is 5.99. The van der Waals surface area contributed by atoms with Gasteiger partial charge in [-0.2, -0.15) is 5.26 Å². The first-order chi connectivity index (χ1) is 9.51. The summed E-state index contributed by atoms with van der Waals surface area (Å²) < 4.78 is 0. The van der Waals surface area contributed by atoms with Crippen LogP contribution >= 0.6 is 11.6 Å². The van der Waals surface area contributed by atoms with Crippen LogP contribution in [0.25, 0.3) is 0 Å². The van der Waals surface area contributed by atoms with Crippen molar-refractivity contribution in [3.63, 3.8) is 0 Å². The van der Waals surface area contributed by atoms with Gasteiger partial charge >= 0.3 is 0 Å². The lowest BCUT2D eigenvalue weighted by molar-refractivity contribution is 0.451. The summed E-state index contributed by atoms with van der Waals surface area (Å²) in [5, 5.41) is 32.0. The molecule has 0 spiro atoms. The third kappa shape index (κ3) is 2.95. The molecule has 0 bridgehead atoms. The van der Waals surface area contributed by atoms with E-state index in [0.29, 0.717) is 21.8 Å². The van der Waals surface area contributed by atoms with Crippen LogP contribution in [0.4, 0.5) is 5.69 Å². The predicted molar refractivity (Wildman–Crippen MR) is 78.0 cm³/mol. The van der Waals surface area contributed by atoms with Gasteiger partial charge < -0.3 is 15.5 Å². The Bertz CT molecular complexity index is 680. The quantitative estimate of drug-likeness (QED) is 0.751. The zero-order chi connectivity index (χ0) is 14.7. The van der Waals surface area contributed by atoms with Gasteiger partial charge in [0.25, 0.3) is 0 Å². The molecule has 0 amide bonds. The van der Waals surface area contributed by atoms with Gasteiger partial charge in [-0.1, -0.05) is 11.6 Å². The fraction of sp³-hybridized carbons (Fsp3) is 0.133. The Balaban J connectivity index is 2.32. The Morgan fingerprint density at radius 2 is 1.95 bits per heavy atom. The average molecular weight is 289 g/mol. The molecular formula is C15H13ClN2O2. The number of nitrogens with zero attached hydrogens (tertiary/aromatic N) is 1. The molecule has 2 aromatic rings. The van der Waals surface area contributed by atoms with Crippen LogP contribution < -0.4 is 5.32 Å². The predicted octanol–water partition coefficient (Wildman–Crippen LogP) is 3.80. The van der Waals surface area contributed by atoms with Gasteiger partial charge in [-0.25, -0.2) is 0 Å². The maximum absolute atomic E-state index is 9.82. The summed E-state index contributed by atoms with van der Waals surface area (Å²) in [6.45, 7) is 1.82.